The van der Waals surface area contributed by atoms with Crippen molar-refractivity contribution in [2.24, 2.45) is 0 Å². The summed E-state index contributed by atoms with van der Waals surface area (Å²) < 4.78 is 30.8. The van der Waals surface area contributed by atoms with Crippen molar-refractivity contribution < 1.29 is 17.9 Å². The summed E-state index contributed by atoms with van der Waals surface area (Å²) in [5.41, 5.74) is 1.37. The summed E-state index contributed by atoms with van der Waals surface area (Å²) in [7, 11) is -3.12. The number of sulfone groups is 1. The molecule has 0 amide bonds. The minimum atomic E-state index is -3.12. The number of aromatic nitrogens is 2. The standard InChI is InChI=1S/C21H24N2O5S/c1-21(2,3)28-20(25)23-18-8-6-5-7-17(18)22(19(23)24)13-15-9-11-16(12-10-15)14-29(4,26)27/h5-12H,13-14H2,1-4H3. The molecule has 2 aromatic carbocycles. The molecule has 0 aliphatic carbocycles. The molecule has 0 atom stereocenters. The van der Waals surface area contributed by atoms with E-state index >= 15 is 0 Å². The molecule has 1 heterocycles. The molecule has 3 rings (SSSR count). The Labute approximate surface area is 169 Å². The number of para-hydroxylation sites is 2. The van der Waals surface area contributed by atoms with Crippen LogP contribution in [0.4, 0.5) is 4.79 Å². The fraction of sp³-hybridized carbons (Fsp3) is 0.333. The molecule has 0 saturated carbocycles. The van der Waals surface area contributed by atoms with E-state index in [0.717, 1.165) is 10.1 Å². The lowest BCUT2D eigenvalue weighted by Crippen LogP contribution is -2.34. The molecule has 0 aliphatic rings. The summed E-state index contributed by atoms with van der Waals surface area (Å²) in [6.45, 7) is 5.47. The molecule has 3 aromatic rings. The largest absolute Gasteiger partial charge is 0.443 e. The van der Waals surface area contributed by atoms with Gasteiger partial charge in [-0.15, -0.1) is 0 Å². The van der Waals surface area contributed by atoms with Crippen molar-refractivity contribution in [2.45, 2.75) is 38.7 Å². The van der Waals surface area contributed by atoms with Crippen LogP contribution in [0.3, 0.4) is 0 Å². The lowest BCUT2D eigenvalue weighted by Gasteiger charge is -2.19. The monoisotopic (exact) mass is 416 g/mol. The van der Waals surface area contributed by atoms with Gasteiger partial charge >= 0.3 is 11.8 Å². The van der Waals surface area contributed by atoms with E-state index in [9.17, 15) is 18.0 Å². The first kappa shape index (κ1) is 20.9. The first-order valence-corrected chi connectivity index (χ1v) is 11.2. The predicted octanol–water partition coefficient (Wildman–Crippen LogP) is 3.18. The van der Waals surface area contributed by atoms with Gasteiger partial charge < -0.3 is 4.74 Å². The molecule has 0 fully saturated rings. The maximum absolute atomic E-state index is 13.0. The molecule has 0 aliphatic heterocycles. The predicted molar refractivity (Wildman–Crippen MR) is 112 cm³/mol. The SMILES string of the molecule is CC(C)(C)OC(=O)n1c(=O)n(Cc2ccc(CS(C)(=O)=O)cc2)c2ccccc21. The number of rotatable bonds is 4. The van der Waals surface area contributed by atoms with Gasteiger partial charge in [-0.2, -0.15) is 4.57 Å². The Morgan fingerprint density at radius 1 is 0.966 bits per heavy atom. The molecule has 0 radical (unpaired) electrons. The molecule has 1 aromatic heterocycles. The highest BCUT2D eigenvalue weighted by Crippen LogP contribution is 2.17. The van der Waals surface area contributed by atoms with E-state index < -0.39 is 27.2 Å². The van der Waals surface area contributed by atoms with Gasteiger partial charge in [-0.3, -0.25) is 4.57 Å². The molecule has 29 heavy (non-hydrogen) atoms. The zero-order valence-electron chi connectivity index (χ0n) is 16.9. The highest BCUT2D eigenvalue weighted by molar-refractivity contribution is 7.89. The maximum atomic E-state index is 13.0. The Bertz CT molecular complexity index is 1210. The van der Waals surface area contributed by atoms with Gasteiger partial charge in [-0.25, -0.2) is 18.0 Å². The summed E-state index contributed by atoms with van der Waals surface area (Å²) in [5.74, 6) is -0.0365. The maximum Gasteiger partial charge on any atom is 0.423 e. The summed E-state index contributed by atoms with van der Waals surface area (Å²) in [6.07, 6.45) is 0.465. The zero-order chi connectivity index (χ0) is 21.4. The van der Waals surface area contributed by atoms with E-state index in [-0.39, 0.29) is 12.3 Å². The van der Waals surface area contributed by atoms with Crippen molar-refractivity contribution in [3.05, 3.63) is 70.1 Å². The number of hydrogen-bond acceptors (Lipinski definition) is 5. The molecule has 7 nitrogen and oxygen atoms in total. The summed E-state index contributed by atoms with van der Waals surface area (Å²) >= 11 is 0. The van der Waals surface area contributed by atoms with Crippen LogP contribution in [-0.2, 0) is 26.9 Å². The third-order valence-electron chi connectivity index (χ3n) is 4.20. The Balaban J connectivity index is 1.99. The second-order valence-electron chi connectivity index (χ2n) is 8.06. The topological polar surface area (TPSA) is 87.4 Å². The minimum absolute atomic E-state index is 0.0365. The number of benzene rings is 2. The van der Waals surface area contributed by atoms with Gasteiger partial charge in [0.1, 0.15) is 5.60 Å². The molecule has 0 unspecified atom stereocenters. The van der Waals surface area contributed by atoms with Crippen LogP contribution in [-0.4, -0.2) is 35.5 Å². The molecule has 0 spiro atoms. The normalized spacial score (nSPS) is 12.3. The van der Waals surface area contributed by atoms with Gasteiger partial charge in [0, 0.05) is 6.26 Å². The van der Waals surface area contributed by atoms with E-state index in [1.165, 1.54) is 10.8 Å². The van der Waals surface area contributed by atoms with Crippen LogP contribution in [0.25, 0.3) is 11.0 Å². The number of ether oxygens (including phenoxy) is 1. The number of imidazole rings is 1. The van der Waals surface area contributed by atoms with Gasteiger partial charge in [0.05, 0.1) is 23.3 Å². The average molecular weight is 416 g/mol. The van der Waals surface area contributed by atoms with Crippen LogP contribution in [0.2, 0.25) is 0 Å². The van der Waals surface area contributed by atoms with Gasteiger partial charge in [-0.1, -0.05) is 36.4 Å². The van der Waals surface area contributed by atoms with E-state index in [0.29, 0.717) is 16.6 Å². The Hall–Kier alpha value is -2.87. The smallest absolute Gasteiger partial charge is 0.423 e. The average Bonchev–Trinajstić information content (AvgIpc) is 2.86. The van der Waals surface area contributed by atoms with Crippen molar-refractivity contribution >= 4 is 27.0 Å². The summed E-state index contributed by atoms with van der Waals surface area (Å²) in [6, 6.07) is 14.1. The second-order valence-corrected chi connectivity index (χ2v) is 10.2. The fourth-order valence-electron chi connectivity index (χ4n) is 3.07. The van der Waals surface area contributed by atoms with Gasteiger partial charge in [-0.05, 0) is 44.0 Å². The van der Waals surface area contributed by atoms with E-state index in [4.69, 9.17) is 4.74 Å². The summed E-state index contributed by atoms with van der Waals surface area (Å²) in [5, 5.41) is 0. The highest BCUT2D eigenvalue weighted by atomic mass is 32.2. The van der Waals surface area contributed by atoms with E-state index in [1.807, 2.05) is 0 Å². The first-order valence-electron chi connectivity index (χ1n) is 9.14. The van der Waals surface area contributed by atoms with E-state index in [1.54, 1.807) is 69.3 Å². The number of hydrogen-bond donors (Lipinski definition) is 0. The zero-order valence-corrected chi connectivity index (χ0v) is 17.7. The van der Waals surface area contributed by atoms with Gasteiger partial charge in [0.25, 0.3) is 0 Å². The fourth-order valence-corrected chi connectivity index (χ4v) is 3.87. The van der Waals surface area contributed by atoms with Crippen LogP contribution < -0.4 is 5.69 Å². The molecular weight excluding hydrogens is 392 g/mol. The van der Waals surface area contributed by atoms with E-state index in [2.05, 4.69) is 0 Å². The minimum Gasteiger partial charge on any atom is -0.443 e. The highest BCUT2D eigenvalue weighted by Gasteiger charge is 2.23. The van der Waals surface area contributed by atoms with Crippen LogP contribution in [0.1, 0.15) is 31.9 Å². The lowest BCUT2D eigenvalue weighted by molar-refractivity contribution is 0.0537. The van der Waals surface area contributed by atoms with Crippen molar-refractivity contribution in [2.75, 3.05) is 6.26 Å². The lowest BCUT2D eigenvalue weighted by atomic mass is 10.1. The number of carbonyl (C=O) groups is 1. The number of nitrogens with zero attached hydrogens (tertiary/aromatic N) is 2. The first-order chi connectivity index (χ1) is 13.4. The molecular formula is C21H24N2O5S. The molecule has 154 valence electrons. The van der Waals surface area contributed by atoms with Crippen LogP contribution in [0, 0.1) is 0 Å². The van der Waals surface area contributed by atoms with Crippen molar-refractivity contribution in [1.29, 1.82) is 0 Å². The van der Waals surface area contributed by atoms with Crippen molar-refractivity contribution in [3.63, 3.8) is 0 Å². The van der Waals surface area contributed by atoms with Crippen LogP contribution >= 0.6 is 0 Å². The van der Waals surface area contributed by atoms with Gasteiger partial charge in [0.2, 0.25) is 0 Å². The Morgan fingerprint density at radius 3 is 2.07 bits per heavy atom. The van der Waals surface area contributed by atoms with Crippen molar-refractivity contribution in [1.82, 2.24) is 9.13 Å². The molecule has 0 saturated heterocycles. The molecule has 8 heteroatoms. The third-order valence-corrected chi connectivity index (χ3v) is 5.06. The van der Waals surface area contributed by atoms with Gasteiger partial charge in [0.15, 0.2) is 9.84 Å². The summed E-state index contributed by atoms with van der Waals surface area (Å²) in [4.78, 5) is 25.6. The number of carbonyl (C=O) groups excluding carboxylic acids is 1. The van der Waals surface area contributed by atoms with Crippen LogP contribution in [0.15, 0.2) is 53.3 Å². The Kier molecular flexibility index (Phi) is 5.40. The molecule has 0 bridgehead atoms. The Morgan fingerprint density at radius 2 is 1.52 bits per heavy atom. The quantitative estimate of drug-likeness (QED) is 0.652. The third kappa shape index (κ3) is 4.95. The van der Waals surface area contributed by atoms with Crippen molar-refractivity contribution in [3.8, 4) is 0 Å². The number of fused-ring (bicyclic) bond motifs is 1. The molecule has 0 N–H and O–H groups in total. The second kappa shape index (κ2) is 7.51. The van der Waals surface area contributed by atoms with Crippen LogP contribution in [0.5, 0.6) is 0 Å².